The SMILES string of the molecule is CC1CCCCN1CCCNC(=O)C1CCN(c2nc3cccnc3s2)CC1. The topological polar surface area (TPSA) is 61.4 Å². The molecule has 1 amide bonds. The second kappa shape index (κ2) is 9.18. The van der Waals surface area contributed by atoms with Crippen LogP contribution in [0.3, 0.4) is 0 Å². The summed E-state index contributed by atoms with van der Waals surface area (Å²) >= 11 is 1.64. The van der Waals surface area contributed by atoms with Crippen LogP contribution in [-0.2, 0) is 4.79 Å². The van der Waals surface area contributed by atoms with Gasteiger partial charge in [-0.05, 0) is 57.7 Å². The Morgan fingerprint density at radius 3 is 2.89 bits per heavy atom. The van der Waals surface area contributed by atoms with Crippen molar-refractivity contribution in [1.82, 2.24) is 20.2 Å². The molecule has 2 aliphatic heterocycles. The predicted octanol–water partition coefficient (Wildman–Crippen LogP) is 3.29. The molecule has 2 saturated heterocycles. The Hall–Kier alpha value is -1.73. The molecule has 1 atom stereocenters. The van der Waals surface area contributed by atoms with E-state index >= 15 is 0 Å². The van der Waals surface area contributed by atoms with Gasteiger partial charge in [0.05, 0.1) is 0 Å². The van der Waals surface area contributed by atoms with Gasteiger partial charge in [-0.3, -0.25) is 4.79 Å². The van der Waals surface area contributed by atoms with E-state index in [-0.39, 0.29) is 11.8 Å². The van der Waals surface area contributed by atoms with E-state index in [4.69, 9.17) is 4.98 Å². The van der Waals surface area contributed by atoms with Gasteiger partial charge < -0.3 is 15.1 Å². The maximum atomic E-state index is 12.5. The number of fused-ring (bicyclic) bond motifs is 1. The summed E-state index contributed by atoms with van der Waals surface area (Å²) in [6, 6.07) is 4.63. The molecule has 1 N–H and O–H groups in total. The highest BCUT2D eigenvalue weighted by atomic mass is 32.1. The highest BCUT2D eigenvalue weighted by Gasteiger charge is 2.26. The number of anilines is 1. The van der Waals surface area contributed by atoms with Crippen molar-refractivity contribution in [3.8, 4) is 0 Å². The van der Waals surface area contributed by atoms with Crippen LogP contribution in [-0.4, -0.2) is 59.5 Å². The van der Waals surface area contributed by atoms with Crippen LogP contribution in [0.1, 0.15) is 45.4 Å². The van der Waals surface area contributed by atoms with Crippen molar-refractivity contribution in [2.75, 3.05) is 37.6 Å². The molecular formula is C21H31N5OS. The molecule has 4 heterocycles. The number of aromatic nitrogens is 2. The minimum Gasteiger partial charge on any atom is -0.356 e. The Morgan fingerprint density at radius 1 is 1.25 bits per heavy atom. The summed E-state index contributed by atoms with van der Waals surface area (Å²) in [7, 11) is 0. The molecule has 2 aliphatic rings. The van der Waals surface area contributed by atoms with Crippen LogP contribution < -0.4 is 10.2 Å². The zero-order chi connectivity index (χ0) is 19.3. The second-order valence-corrected chi connectivity index (χ2v) is 9.07. The van der Waals surface area contributed by atoms with Gasteiger partial charge in [-0.15, -0.1) is 0 Å². The number of piperidine rings is 2. The lowest BCUT2D eigenvalue weighted by Crippen LogP contribution is -2.42. The van der Waals surface area contributed by atoms with Crippen molar-refractivity contribution in [3.63, 3.8) is 0 Å². The molecule has 2 aromatic rings. The van der Waals surface area contributed by atoms with E-state index in [1.807, 2.05) is 18.3 Å². The fourth-order valence-corrected chi connectivity index (χ4v) is 5.31. The van der Waals surface area contributed by atoms with Gasteiger partial charge in [0.15, 0.2) is 5.13 Å². The smallest absolute Gasteiger partial charge is 0.223 e. The van der Waals surface area contributed by atoms with Crippen LogP contribution in [0.5, 0.6) is 0 Å². The number of nitrogens with one attached hydrogen (secondary N) is 1. The monoisotopic (exact) mass is 401 g/mol. The highest BCUT2D eigenvalue weighted by molar-refractivity contribution is 7.21. The number of hydrogen-bond donors (Lipinski definition) is 1. The molecule has 0 aromatic carbocycles. The lowest BCUT2D eigenvalue weighted by molar-refractivity contribution is -0.125. The molecule has 152 valence electrons. The first-order chi connectivity index (χ1) is 13.7. The Labute approximate surface area is 171 Å². The van der Waals surface area contributed by atoms with Gasteiger partial charge in [0, 0.05) is 44.3 Å². The number of rotatable bonds is 6. The summed E-state index contributed by atoms with van der Waals surface area (Å²) in [4.78, 5) is 27.5. The van der Waals surface area contributed by atoms with Gasteiger partial charge in [0.25, 0.3) is 0 Å². The van der Waals surface area contributed by atoms with Gasteiger partial charge in [-0.25, -0.2) is 9.97 Å². The maximum Gasteiger partial charge on any atom is 0.223 e. The Kier molecular flexibility index (Phi) is 6.42. The third-order valence-electron chi connectivity index (χ3n) is 6.15. The summed E-state index contributed by atoms with van der Waals surface area (Å²) in [5.74, 6) is 0.370. The second-order valence-electron chi connectivity index (χ2n) is 8.11. The highest BCUT2D eigenvalue weighted by Crippen LogP contribution is 2.30. The molecule has 2 fully saturated rings. The molecule has 28 heavy (non-hydrogen) atoms. The van der Waals surface area contributed by atoms with Crippen molar-refractivity contribution in [2.24, 2.45) is 5.92 Å². The Morgan fingerprint density at radius 2 is 2.11 bits per heavy atom. The summed E-state index contributed by atoms with van der Waals surface area (Å²) in [5.41, 5.74) is 0.963. The Balaban J connectivity index is 1.18. The van der Waals surface area contributed by atoms with E-state index < -0.39 is 0 Å². The largest absolute Gasteiger partial charge is 0.356 e. The van der Waals surface area contributed by atoms with Gasteiger partial charge in [0.1, 0.15) is 10.3 Å². The van der Waals surface area contributed by atoms with E-state index in [2.05, 4.69) is 27.0 Å². The fraction of sp³-hybridized carbons (Fsp3) is 0.667. The molecule has 0 bridgehead atoms. The van der Waals surface area contributed by atoms with Crippen molar-refractivity contribution in [1.29, 1.82) is 0 Å². The number of hydrogen-bond acceptors (Lipinski definition) is 6. The first-order valence-corrected chi connectivity index (χ1v) is 11.5. The van der Waals surface area contributed by atoms with Gasteiger partial charge in [-0.2, -0.15) is 0 Å². The summed E-state index contributed by atoms with van der Waals surface area (Å²) in [5, 5.41) is 4.21. The van der Waals surface area contributed by atoms with E-state index in [0.717, 1.165) is 60.9 Å². The molecule has 4 rings (SSSR count). The average Bonchev–Trinajstić information content (AvgIpc) is 3.17. The molecule has 6 nitrogen and oxygen atoms in total. The number of carbonyl (C=O) groups is 1. The van der Waals surface area contributed by atoms with E-state index in [1.165, 1.54) is 25.8 Å². The summed E-state index contributed by atoms with van der Waals surface area (Å²) in [6.07, 6.45) is 8.66. The van der Waals surface area contributed by atoms with E-state index in [0.29, 0.717) is 6.04 Å². The molecule has 0 aliphatic carbocycles. The van der Waals surface area contributed by atoms with Crippen LogP contribution in [0, 0.1) is 5.92 Å². The molecule has 2 aromatic heterocycles. The standard InChI is InChI=1S/C21H31N5OS/c1-16-6-2-3-12-25(16)13-5-11-22-19(27)17-8-14-26(15-9-17)21-24-18-7-4-10-23-20(18)28-21/h4,7,10,16-17H,2-3,5-6,8-9,11-15H2,1H3,(H,22,27). The van der Waals surface area contributed by atoms with Crippen LogP contribution in [0.4, 0.5) is 5.13 Å². The van der Waals surface area contributed by atoms with Crippen molar-refractivity contribution < 1.29 is 4.79 Å². The quantitative estimate of drug-likeness (QED) is 0.753. The first-order valence-electron chi connectivity index (χ1n) is 10.7. The predicted molar refractivity (Wildman–Crippen MR) is 115 cm³/mol. The van der Waals surface area contributed by atoms with Gasteiger partial charge >= 0.3 is 0 Å². The summed E-state index contributed by atoms with van der Waals surface area (Å²) in [6.45, 7) is 7.23. The third-order valence-corrected chi connectivity index (χ3v) is 7.19. The molecule has 7 heteroatoms. The first kappa shape index (κ1) is 19.6. The number of likely N-dealkylation sites (tertiary alicyclic amines) is 1. The average molecular weight is 402 g/mol. The minimum absolute atomic E-state index is 0.137. The van der Waals surface area contributed by atoms with Crippen LogP contribution in [0.2, 0.25) is 0 Å². The van der Waals surface area contributed by atoms with Gasteiger partial charge in [0.2, 0.25) is 5.91 Å². The molecule has 1 unspecified atom stereocenters. The minimum atomic E-state index is 0.137. The number of pyridine rings is 1. The van der Waals surface area contributed by atoms with Crippen molar-refractivity contribution in [3.05, 3.63) is 18.3 Å². The van der Waals surface area contributed by atoms with E-state index in [1.54, 1.807) is 11.3 Å². The zero-order valence-corrected chi connectivity index (χ0v) is 17.6. The maximum absolute atomic E-state index is 12.5. The number of nitrogens with zero attached hydrogens (tertiary/aromatic N) is 4. The fourth-order valence-electron chi connectivity index (χ4n) is 4.35. The third kappa shape index (κ3) is 4.63. The number of amides is 1. The van der Waals surface area contributed by atoms with Crippen LogP contribution >= 0.6 is 11.3 Å². The van der Waals surface area contributed by atoms with Crippen LogP contribution in [0.15, 0.2) is 18.3 Å². The molecular weight excluding hydrogens is 370 g/mol. The normalized spacial score (nSPS) is 21.9. The molecule has 0 radical (unpaired) electrons. The summed E-state index contributed by atoms with van der Waals surface area (Å²) < 4.78 is 0. The zero-order valence-electron chi connectivity index (χ0n) is 16.8. The Bertz CT molecular complexity index is 753. The molecule has 0 spiro atoms. The number of thiazole rings is 1. The van der Waals surface area contributed by atoms with E-state index in [9.17, 15) is 4.79 Å². The lowest BCUT2D eigenvalue weighted by atomic mass is 9.96. The van der Waals surface area contributed by atoms with Gasteiger partial charge in [-0.1, -0.05) is 17.8 Å². The molecule has 0 saturated carbocycles. The lowest BCUT2D eigenvalue weighted by Gasteiger charge is -2.33. The van der Waals surface area contributed by atoms with Crippen molar-refractivity contribution in [2.45, 2.75) is 51.5 Å². The van der Waals surface area contributed by atoms with Crippen molar-refractivity contribution >= 4 is 32.7 Å². The number of carbonyl (C=O) groups excluding carboxylic acids is 1. The van der Waals surface area contributed by atoms with Crippen LogP contribution in [0.25, 0.3) is 10.3 Å².